The Morgan fingerprint density at radius 3 is 2.45 bits per heavy atom. The normalized spacial score (nSPS) is 12.2. The molecule has 0 atom stereocenters. The molecule has 0 radical (unpaired) electrons. The number of rotatable bonds is 3. The van der Waals surface area contributed by atoms with Crippen LogP contribution in [0.2, 0.25) is 0 Å². The van der Waals surface area contributed by atoms with Crippen LogP contribution in [-0.4, -0.2) is 10.8 Å². The highest BCUT2D eigenvalue weighted by atomic mass is 19.4. The molecule has 8 heteroatoms. The van der Waals surface area contributed by atoms with Gasteiger partial charge in [-0.15, -0.1) is 0 Å². The zero-order valence-electron chi connectivity index (χ0n) is 11.1. The van der Waals surface area contributed by atoms with Gasteiger partial charge in [0.1, 0.15) is 5.69 Å². The first kappa shape index (κ1) is 15.5. The van der Waals surface area contributed by atoms with Gasteiger partial charge >= 0.3 is 6.18 Å². The minimum absolute atomic E-state index is 0.0167. The lowest BCUT2D eigenvalue weighted by Gasteiger charge is -2.05. The third-order valence-electron chi connectivity index (χ3n) is 2.84. The molecule has 0 saturated carbocycles. The Morgan fingerprint density at radius 2 is 1.82 bits per heavy atom. The molecule has 0 aliphatic heterocycles. The number of nitrogen functional groups attached to an aromatic ring is 1. The summed E-state index contributed by atoms with van der Waals surface area (Å²) in [5.41, 5.74) is 5.23. The monoisotopic (exact) mass is 310 g/mol. The van der Waals surface area contributed by atoms with Gasteiger partial charge in [-0.05, 0) is 24.3 Å². The number of nitrogens with two attached hydrogens (primary N) is 1. The van der Waals surface area contributed by atoms with Gasteiger partial charge in [-0.25, -0.2) is 4.99 Å². The van der Waals surface area contributed by atoms with Crippen molar-refractivity contribution in [3.8, 4) is 0 Å². The van der Waals surface area contributed by atoms with E-state index in [1.165, 1.54) is 36.4 Å². The van der Waals surface area contributed by atoms with Crippen molar-refractivity contribution in [2.45, 2.75) is 6.18 Å². The van der Waals surface area contributed by atoms with Crippen LogP contribution < -0.4 is 10.7 Å². The number of amidine groups is 1. The van der Waals surface area contributed by atoms with Crippen molar-refractivity contribution in [3.05, 3.63) is 69.8 Å². The summed E-state index contributed by atoms with van der Waals surface area (Å²) in [7, 11) is 0. The second-order valence-electron chi connectivity index (χ2n) is 4.42. The van der Waals surface area contributed by atoms with Crippen molar-refractivity contribution < 1.29 is 23.1 Å². The Balaban J connectivity index is 2.37. The summed E-state index contributed by atoms with van der Waals surface area (Å²) < 4.78 is 37.9. The Labute approximate surface area is 123 Å². The molecule has 22 heavy (non-hydrogen) atoms. The predicted molar refractivity (Wildman–Crippen MR) is 73.5 cm³/mol. The van der Waals surface area contributed by atoms with E-state index in [9.17, 15) is 23.3 Å². The van der Waals surface area contributed by atoms with Crippen LogP contribution in [0.4, 0.5) is 24.5 Å². The summed E-state index contributed by atoms with van der Waals surface area (Å²) in [6, 6.07) is 9.98. The average Bonchev–Trinajstić information content (AvgIpc) is 2.46. The summed E-state index contributed by atoms with van der Waals surface area (Å²) in [5, 5.41) is 10.7. The van der Waals surface area contributed by atoms with Crippen molar-refractivity contribution in [3.63, 3.8) is 0 Å². The van der Waals surface area contributed by atoms with Crippen LogP contribution in [0.15, 0.2) is 48.5 Å². The summed E-state index contributed by atoms with van der Waals surface area (Å²) in [5.74, 6) is 0.0167. The quantitative estimate of drug-likeness (QED) is 0.392. The van der Waals surface area contributed by atoms with Crippen LogP contribution >= 0.6 is 0 Å². The van der Waals surface area contributed by atoms with Crippen LogP contribution in [0.5, 0.6) is 0 Å². The molecular weight excluding hydrogens is 299 g/mol. The fraction of sp³-hybridized carbons (Fsp3) is 0.0714. The average molecular weight is 310 g/mol. The topological polar surface area (TPSA) is 83.1 Å². The van der Waals surface area contributed by atoms with E-state index >= 15 is 0 Å². The minimum atomic E-state index is -4.46. The summed E-state index contributed by atoms with van der Waals surface area (Å²) in [6.07, 6.45) is -4.46. The van der Waals surface area contributed by atoms with Crippen LogP contribution in [0.3, 0.4) is 0 Å². The minimum Gasteiger partial charge on any atom is -0.287 e. The Hall–Kier alpha value is -2.90. The van der Waals surface area contributed by atoms with Gasteiger partial charge in [-0.2, -0.15) is 13.2 Å². The SMILES string of the molecule is NC(=[NH+]c1cccc(C(F)(F)F)c1)c1cccc([N+](=O)[O-])c1. The highest BCUT2D eigenvalue weighted by Gasteiger charge is 2.30. The third-order valence-corrected chi connectivity index (χ3v) is 2.84. The first-order valence-electron chi connectivity index (χ1n) is 6.09. The van der Waals surface area contributed by atoms with Crippen LogP contribution in [0.25, 0.3) is 0 Å². The van der Waals surface area contributed by atoms with Gasteiger partial charge in [0.25, 0.3) is 11.5 Å². The highest BCUT2D eigenvalue weighted by Crippen LogP contribution is 2.29. The molecule has 0 fully saturated rings. The lowest BCUT2D eigenvalue weighted by atomic mass is 10.1. The molecular formula is C14H11F3N3O2+. The molecule has 0 amide bonds. The van der Waals surface area contributed by atoms with E-state index in [2.05, 4.69) is 4.99 Å². The highest BCUT2D eigenvalue weighted by molar-refractivity contribution is 5.94. The van der Waals surface area contributed by atoms with E-state index in [-0.39, 0.29) is 17.2 Å². The Morgan fingerprint density at radius 1 is 1.14 bits per heavy atom. The molecule has 2 rings (SSSR count). The number of nitrogens with zero attached hydrogens (tertiary/aromatic N) is 1. The van der Waals surface area contributed by atoms with Gasteiger partial charge in [0.15, 0.2) is 0 Å². The molecule has 0 aliphatic rings. The number of nitrogens with one attached hydrogen (secondary N) is 1. The Bertz CT molecular complexity index is 742. The van der Waals surface area contributed by atoms with Crippen molar-refractivity contribution >= 4 is 17.2 Å². The molecule has 0 aliphatic carbocycles. The first-order valence-corrected chi connectivity index (χ1v) is 6.09. The summed E-state index contributed by atoms with van der Waals surface area (Å²) in [4.78, 5) is 12.7. The third kappa shape index (κ3) is 3.60. The van der Waals surface area contributed by atoms with Crippen molar-refractivity contribution in [1.29, 1.82) is 0 Å². The van der Waals surface area contributed by atoms with Gasteiger partial charge in [-0.1, -0.05) is 12.1 Å². The molecule has 0 aromatic heterocycles. The Kier molecular flexibility index (Phi) is 4.11. The fourth-order valence-corrected chi connectivity index (χ4v) is 1.79. The van der Waals surface area contributed by atoms with Gasteiger partial charge in [0.2, 0.25) is 0 Å². The van der Waals surface area contributed by atoms with E-state index in [0.717, 1.165) is 12.1 Å². The van der Waals surface area contributed by atoms with Gasteiger partial charge in [0.05, 0.1) is 16.1 Å². The standard InChI is InChI=1S/C14H10F3N3O2/c15-14(16,17)10-4-2-5-11(8-10)19-13(18)9-3-1-6-12(7-9)20(21)22/h1-8H,(H2,18,19)/p+1. The number of halogens is 3. The van der Waals surface area contributed by atoms with Gasteiger partial charge in [-0.3, -0.25) is 15.8 Å². The molecule has 0 heterocycles. The molecule has 3 N–H and O–H groups in total. The van der Waals surface area contributed by atoms with E-state index in [4.69, 9.17) is 5.73 Å². The summed E-state index contributed by atoms with van der Waals surface area (Å²) in [6.45, 7) is 0. The molecule has 0 bridgehead atoms. The second-order valence-corrected chi connectivity index (χ2v) is 4.42. The molecule has 2 aromatic carbocycles. The number of alkyl halides is 3. The van der Waals surface area contributed by atoms with Crippen molar-refractivity contribution in [2.24, 2.45) is 5.73 Å². The molecule has 0 saturated heterocycles. The zero-order valence-corrected chi connectivity index (χ0v) is 11.1. The number of benzene rings is 2. The van der Waals surface area contributed by atoms with Crippen LogP contribution in [0, 0.1) is 10.1 Å². The predicted octanol–water partition coefficient (Wildman–Crippen LogP) is 1.73. The van der Waals surface area contributed by atoms with Crippen LogP contribution in [0.1, 0.15) is 11.1 Å². The smallest absolute Gasteiger partial charge is 0.287 e. The number of nitro benzene ring substituents is 1. The number of hydrogen-bond donors (Lipinski definition) is 2. The van der Waals surface area contributed by atoms with Gasteiger partial charge in [0, 0.05) is 12.1 Å². The fourth-order valence-electron chi connectivity index (χ4n) is 1.79. The van der Waals surface area contributed by atoms with Crippen molar-refractivity contribution in [1.82, 2.24) is 0 Å². The second kappa shape index (κ2) is 5.84. The maximum Gasteiger partial charge on any atom is 0.416 e. The number of hydrogen-bond acceptors (Lipinski definition) is 2. The lowest BCUT2D eigenvalue weighted by Crippen LogP contribution is -2.69. The number of non-ortho nitro benzene ring substituents is 1. The zero-order chi connectivity index (χ0) is 16.3. The van der Waals surface area contributed by atoms with E-state index in [1.54, 1.807) is 0 Å². The van der Waals surface area contributed by atoms with E-state index in [1.807, 2.05) is 0 Å². The maximum atomic E-state index is 12.6. The molecule has 0 spiro atoms. The maximum absolute atomic E-state index is 12.6. The van der Waals surface area contributed by atoms with E-state index < -0.39 is 16.7 Å². The van der Waals surface area contributed by atoms with E-state index in [0.29, 0.717) is 5.56 Å². The first-order chi connectivity index (χ1) is 10.3. The van der Waals surface area contributed by atoms with Crippen LogP contribution in [-0.2, 0) is 6.18 Å². The largest absolute Gasteiger partial charge is 0.416 e. The van der Waals surface area contributed by atoms with Crippen molar-refractivity contribution in [2.75, 3.05) is 0 Å². The molecule has 5 nitrogen and oxygen atoms in total. The molecule has 114 valence electrons. The molecule has 0 unspecified atom stereocenters. The number of nitro groups is 1. The summed E-state index contributed by atoms with van der Waals surface area (Å²) >= 11 is 0. The van der Waals surface area contributed by atoms with Gasteiger partial charge < -0.3 is 0 Å². The molecule has 2 aromatic rings. The lowest BCUT2D eigenvalue weighted by molar-refractivity contribution is -0.385.